The maximum absolute atomic E-state index is 6.28. The zero-order valence-electron chi connectivity index (χ0n) is 9.88. The summed E-state index contributed by atoms with van der Waals surface area (Å²) in [5.41, 5.74) is 9.52. The molecule has 2 rings (SSSR count). The summed E-state index contributed by atoms with van der Waals surface area (Å²) in [6.45, 7) is 1.98. The predicted octanol–water partition coefficient (Wildman–Crippen LogP) is 4.32. The van der Waals surface area contributed by atoms with Gasteiger partial charge in [-0.2, -0.15) is 5.10 Å². The van der Waals surface area contributed by atoms with Crippen molar-refractivity contribution in [3.8, 4) is 0 Å². The summed E-state index contributed by atoms with van der Waals surface area (Å²) in [4.78, 5) is 0. The molecule has 2 aromatic rings. The first-order valence-corrected chi connectivity index (χ1v) is 8.48. The Balaban J connectivity index is 2.26. The maximum atomic E-state index is 6.28. The number of halogens is 3. The molecule has 18 heavy (non-hydrogen) atoms. The normalized spacial score (nSPS) is 13.0. The van der Waals surface area contributed by atoms with Crippen molar-refractivity contribution in [1.29, 1.82) is 0 Å². The van der Waals surface area contributed by atoms with Gasteiger partial charge in [-0.15, -0.1) is 11.3 Å². The Kier molecular flexibility index (Phi) is 4.70. The molecule has 0 aromatic carbocycles. The van der Waals surface area contributed by atoms with Crippen molar-refractivity contribution >= 4 is 59.1 Å². The number of nitrogens with zero attached hydrogens (tertiary/aromatic N) is 2. The monoisotopic (exact) mass is 455 g/mol. The molecule has 0 saturated heterocycles. The Morgan fingerprint density at radius 2 is 2.11 bits per heavy atom. The van der Waals surface area contributed by atoms with Crippen LogP contribution in [0.25, 0.3) is 0 Å². The molecule has 0 bridgehead atoms. The van der Waals surface area contributed by atoms with Gasteiger partial charge in [-0.25, -0.2) is 0 Å². The lowest BCUT2D eigenvalue weighted by molar-refractivity contribution is 0.638. The minimum Gasteiger partial charge on any atom is -0.324 e. The fourth-order valence-electron chi connectivity index (χ4n) is 1.83. The van der Waals surface area contributed by atoms with Gasteiger partial charge >= 0.3 is 0 Å². The fraction of sp³-hybridized carbons (Fsp3) is 0.364. The molecule has 3 nitrogen and oxygen atoms in total. The van der Waals surface area contributed by atoms with E-state index >= 15 is 0 Å². The average Bonchev–Trinajstić information content (AvgIpc) is 2.73. The highest BCUT2D eigenvalue weighted by atomic mass is 79.9. The standard InChI is InChI=1S/C11H12Br3N3S/c1-5-10(13)8(17(2)16-5)4-7(15)6-3-9(12)18-11(6)14/h3,7H,4,15H2,1-2H3. The molecular formula is C11H12Br3N3S. The number of hydrogen-bond donors (Lipinski definition) is 1. The molecule has 1 atom stereocenters. The molecule has 2 aromatic heterocycles. The van der Waals surface area contributed by atoms with Gasteiger partial charge in [0.2, 0.25) is 0 Å². The Hall–Kier alpha value is 0.310. The van der Waals surface area contributed by atoms with Gasteiger partial charge in [-0.05, 0) is 66.3 Å². The van der Waals surface area contributed by atoms with E-state index in [1.54, 1.807) is 11.3 Å². The van der Waals surface area contributed by atoms with Gasteiger partial charge in [0.05, 0.1) is 23.4 Å². The summed E-state index contributed by atoms with van der Waals surface area (Å²) < 4.78 is 5.09. The molecule has 0 saturated carbocycles. The topological polar surface area (TPSA) is 43.8 Å². The van der Waals surface area contributed by atoms with Crippen molar-refractivity contribution in [3.05, 3.63) is 35.1 Å². The van der Waals surface area contributed by atoms with Gasteiger partial charge < -0.3 is 5.73 Å². The van der Waals surface area contributed by atoms with Crippen molar-refractivity contribution in [2.45, 2.75) is 19.4 Å². The van der Waals surface area contributed by atoms with Gasteiger partial charge in [-0.1, -0.05) is 0 Å². The number of thiophene rings is 1. The number of aryl methyl sites for hydroxylation is 2. The lowest BCUT2D eigenvalue weighted by Gasteiger charge is -2.11. The van der Waals surface area contributed by atoms with Crippen molar-refractivity contribution in [2.75, 3.05) is 0 Å². The first-order valence-electron chi connectivity index (χ1n) is 5.28. The summed E-state index contributed by atoms with van der Waals surface area (Å²) >= 11 is 12.2. The van der Waals surface area contributed by atoms with E-state index in [2.05, 4.69) is 59.0 Å². The number of aromatic nitrogens is 2. The molecule has 0 spiro atoms. The van der Waals surface area contributed by atoms with E-state index < -0.39 is 0 Å². The van der Waals surface area contributed by atoms with E-state index in [4.69, 9.17) is 5.73 Å². The lowest BCUT2D eigenvalue weighted by atomic mass is 10.1. The lowest BCUT2D eigenvalue weighted by Crippen LogP contribution is -2.15. The molecule has 0 aliphatic heterocycles. The third-order valence-electron chi connectivity index (χ3n) is 2.76. The molecule has 0 amide bonds. The molecule has 0 aliphatic carbocycles. The van der Waals surface area contributed by atoms with Crippen LogP contribution in [0.5, 0.6) is 0 Å². The Morgan fingerprint density at radius 1 is 1.44 bits per heavy atom. The van der Waals surface area contributed by atoms with E-state index in [1.165, 1.54) is 0 Å². The molecule has 2 N–H and O–H groups in total. The molecular weight excluding hydrogens is 446 g/mol. The Bertz CT molecular complexity index is 576. The largest absolute Gasteiger partial charge is 0.324 e. The van der Waals surface area contributed by atoms with Crippen LogP contribution in [0, 0.1) is 6.92 Å². The quantitative estimate of drug-likeness (QED) is 0.745. The summed E-state index contributed by atoms with van der Waals surface area (Å²) in [5.74, 6) is 0. The van der Waals surface area contributed by atoms with Crippen LogP contribution < -0.4 is 5.73 Å². The maximum Gasteiger partial charge on any atom is 0.0758 e. The van der Waals surface area contributed by atoms with Crippen LogP contribution in [0.15, 0.2) is 18.1 Å². The van der Waals surface area contributed by atoms with Crippen LogP contribution in [0.3, 0.4) is 0 Å². The van der Waals surface area contributed by atoms with E-state index in [1.807, 2.05) is 18.7 Å². The first kappa shape index (κ1) is 14.7. The molecule has 2 heterocycles. The van der Waals surface area contributed by atoms with Crippen molar-refractivity contribution in [2.24, 2.45) is 12.8 Å². The van der Waals surface area contributed by atoms with Crippen LogP contribution >= 0.6 is 59.1 Å². The smallest absolute Gasteiger partial charge is 0.0758 e. The zero-order chi connectivity index (χ0) is 13.4. The van der Waals surface area contributed by atoms with E-state index in [0.29, 0.717) is 0 Å². The number of hydrogen-bond acceptors (Lipinski definition) is 3. The second-order valence-corrected chi connectivity index (χ2v) is 8.60. The van der Waals surface area contributed by atoms with E-state index in [-0.39, 0.29) is 6.04 Å². The third kappa shape index (κ3) is 2.90. The minimum absolute atomic E-state index is 0.0481. The molecule has 0 radical (unpaired) electrons. The van der Waals surface area contributed by atoms with Crippen LogP contribution in [0.2, 0.25) is 0 Å². The zero-order valence-corrected chi connectivity index (χ0v) is 15.5. The second kappa shape index (κ2) is 5.75. The molecule has 7 heteroatoms. The third-order valence-corrected chi connectivity index (χ3v) is 6.17. The second-order valence-electron chi connectivity index (χ2n) is 4.06. The highest BCUT2D eigenvalue weighted by Crippen LogP contribution is 2.36. The van der Waals surface area contributed by atoms with Gasteiger partial charge in [-0.3, -0.25) is 4.68 Å². The number of nitrogens with two attached hydrogens (primary N) is 1. The molecule has 98 valence electrons. The predicted molar refractivity (Wildman–Crippen MR) is 86.0 cm³/mol. The molecule has 0 fully saturated rings. The summed E-state index contributed by atoms with van der Waals surface area (Å²) in [5, 5.41) is 4.38. The van der Waals surface area contributed by atoms with Gasteiger partial charge in [0, 0.05) is 19.5 Å². The van der Waals surface area contributed by atoms with E-state index in [0.717, 1.165) is 35.4 Å². The van der Waals surface area contributed by atoms with Gasteiger partial charge in [0.15, 0.2) is 0 Å². The fourth-order valence-corrected chi connectivity index (χ4v) is 5.32. The van der Waals surface area contributed by atoms with Crippen LogP contribution in [0.4, 0.5) is 0 Å². The first-order chi connectivity index (χ1) is 8.40. The highest BCUT2D eigenvalue weighted by molar-refractivity contribution is 9.12. The Labute approximate surface area is 135 Å². The van der Waals surface area contributed by atoms with Crippen molar-refractivity contribution < 1.29 is 0 Å². The number of rotatable bonds is 3. The van der Waals surface area contributed by atoms with Crippen LogP contribution in [-0.2, 0) is 13.5 Å². The van der Waals surface area contributed by atoms with Crippen molar-refractivity contribution in [1.82, 2.24) is 9.78 Å². The van der Waals surface area contributed by atoms with Crippen LogP contribution in [0.1, 0.15) is 23.0 Å². The van der Waals surface area contributed by atoms with Crippen LogP contribution in [-0.4, -0.2) is 9.78 Å². The summed E-state index contributed by atoms with van der Waals surface area (Å²) in [7, 11) is 1.94. The van der Waals surface area contributed by atoms with Crippen molar-refractivity contribution in [3.63, 3.8) is 0 Å². The summed E-state index contributed by atoms with van der Waals surface area (Å²) in [6, 6.07) is 2.02. The SMILES string of the molecule is Cc1nn(C)c(CC(N)c2cc(Br)sc2Br)c1Br. The van der Waals surface area contributed by atoms with Gasteiger partial charge in [0.25, 0.3) is 0 Å². The Morgan fingerprint density at radius 3 is 2.56 bits per heavy atom. The molecule has 1 unspecified atom stereocenters. The highest BCUT2D eigenvalue weighted by Gasteiger charge is 2.18. The van der Waals surface area contributed by atoms with Gasteiger partial charge in [0.1, 0.15) is 0 Å². The summed E-state index contributed by atoms with van der Waals surface area (Å²) in [6.07, 6.45) is 0.750. The minimum atomic E-state index is -0.0481. The van der Waals surface area contributed by atoms with E-state index in [9.17, 15) is 0 Å². The molecule has 0 aliphatic rings. The average molecular weight is 458 g/mol.